The molecule has 1 atom stereocenters. The Labute approximate surface area is 134 Å². The summed E-state index contributed by atoms with van der Waals surface area (Å²) >= 11 is 0. The van der Waals surface area contributed by atoms with Crippen LogP contribution in [0.4, 0.5) is 8.78 Å². The van der Waals surface area contributed by atoms with Gasteiger partial charge in [-0.05, 0) is 37.1 Å². The summed E-state index contributed by atoms with van der Waals surface area (Å²) in [6.07, 6.45) is 2.94. The Kier molecular flexibility index (Phi) is 6.15. The molecule has 1 aliphatic heterocycles. The first kappa shape index (κ1) is 17.5. The van der Waals surface area contributed by atoms with Crippen LogP contribution in [0.5, 0.6) is 11.5 Å². The number of hydrogen-bond donors (Lipinski definition) is 1. The maximum Gasteiger partial charge on any atom is 0.387 e. The standard InChI is InChI=1S/C16H22F2N2O3/c1-20(15(21)12-5-3-4-8-19-12)10-11-6-7-13(22-2)14(9-11)23-16(17)18/h6-7,9,12,16,19H,3-5,8,10H2,1-2H3. The summed E-state index contributed by atoms with van der Waals surface area (Å²) in [6, 6.07) is 4.60. The number of carbonyl (C=O) groups is 1. The topological polar surface area (TPSA) is 50.8 Å². The molecular formula is C16H22F2N2O3. The van der Waals surface area contributed by atoms with E-state index in [2.05, 4.69) is 10.1 Å². The van der Waals surface area contributed by atoms with E-state index in [1.165, 1.54) is 13.2 Å². The van der Waals surface area contributed by atoms with Crippen molar-refractivity contribution in [3.05, 3.63) is 23.8 Å². The zero-order valence-electron chi connectivity index (χ0n) is 13.4. The fraction of sp³-hybridized carbons (Fsp3) is 0.562. The molecule has 0 radical (unpaired) electrons. The second-order valence-corrected chi connectivity index (χ2v) is 5.56. The summed E-state index contributed by atoms with van der Waals surface area (Å²) in [7, 11) is 3.09. The van der Waals surface area contributed by atoms with Gasteiger partial charge in [0.2, 0.25) is 5.91 Å². The van der Waals surface area contributed by atoms with Gasteiger partial charge in [0.15, 0.2) is 11.5 Å². The van der Waals surface area contributed by atoms with Crippen molar-refractivity contribution in [3.8, 4) is 11.5 Å². The van der Waals surface area contributed by atoms with Crippen LogP contribution in [0.15, 0.2) is 18.2 Å². The molecule has 0 aliphatic carbocycles. The zero-order valence-corrected chi connectivity index (χ0v) is 13.4. The minimum Gasteiger partial charge on any atom is -0.493 e. The van der Waals surface area contributed by atoms with Crippen LogP contribution in [0.2, 0.25) is 0 Å². The number of methoxy groups -OCH3 is 1. The Balaban J connectivity index is 2.04. The molecule has 5 nitrogen and oxygen atoms in total. The van der Waals surface area contributed by atoms with Crippen LogP contribution < -0.4 is 14.8 Å². The Morgan fingerprint density at radius 2 is 2.17 bits per heavy atom. The molecule has 0 aromatic heterocycles. The van der Waals surface area contributed by atoms with Crippen molar-refractivity contribution in [2.75, 3.05) is 20.7 Å². The molecule has 23 heavy (non-hydrogen) atoms. The van der Waals surface area contributed by atoms with Gasteiger partial charge in [-0.3, -0.25) is 4.79 Å². The average molecular weight is 328 g/mol. The van der Waals surface area contributed by atoms with Gasteiger partial charge in [-0.1, -0.05) is 12.5 Å². The molecule has 1 aromatic rings. The minimum absolute atomic E-state index is 0.0110. The van der Waals surface area contributed by atoms with Crippen molar-refractivity contribution in [1.82, 2.24) is 10.2 Å². The molecule has 1 fully saturated rings. The molecule has 0 saturated carbocycles. The molecular weight excluding hydrogens is 306 g/mol. The van der Waals surface area contributed by atoms with Gasteiger partial charge in [-0.2, -0.15) is 8.78 Å². The Morgan fingerprint density at radius 1 is 1.39 bits per heavy atom. The molecule has 0 bridgehead atoms. The van der Waals surface area contributed by atoms with Crippen molar-refractivity contribution in [2.24, 2.45) is 0 Å². The average Bonchev–Trinajstić information content (AvgIpc) is 2.54. The first-order valence-corrected chi connectivity index (χ1v) is 7.61. The largest absolute Gasteiger partial charge is 0.493 e. The van der Waals surface area contributed by atoms with Crippen LogP contribution in [-0.2, 0) is 11.3 Å². The van der Waals surface area contributed by atoms with Crippen molar-refractivity contribution >= 4 is 5.91 Å². The van der Waals surface area contributed by atoms with Crippen LogP contribution in [-0.4, -0.2) is 44.2 Å². The lowest BCUT2D eigenvalue weighted by Crippen LogP contribution is -2.46. The number of rotatable bonds is 6. The third kappa shape index (κ3) is 4.79. The van der Waals surface area contributed by atoms with Gasteiger partial charge >= 0.3 is 6.61 Å². The minimum atomic E-state index is -2.93. The molecule has 2 rings (SSSR count). The number of ether oxygens (including phenoxy) is 2. The van der Waals surface area contributed by atoms with E-state index in [1.54, 1.807) is 24.1 Å². The fourth-order valence-electron chi connectivity index (χ4n) is 2.69. The highest BCUT2D eigenvalue weighted by atomic mass is 19.3. The van der Waals surface area contributed by atoms with Gasteiger partial charge in [-0.15, -0.1) is 0 Å². The molecule has 128 valence electrons. The Morgan fingerprint density at radius 3 is 2.78 bits per heavy atom. The summed E-state index contributed by atoms with van der Waals surface area (Å²) in [5.74, 6) is 0.213. The maximum atomic E-state index is 12.5. The van der Waals surface area contributed by atoms with Crippen LogP contribution in [0, 0.1) is 0 Å². The normalized spacial score (nSPS) is 17.9. The van der Waals surface area contributed by atoms with Gasteiger partial charge in [0, 0.05) is 13.6 Å². The highest BCUT2D eigenvalue weighted by Gasteiger charge is 2.23. The van der Waals surface area contributed by atoms with Crippen LogP contribution in [0.25, 0.3) is 0 Å². The molecule has 1 N–H and O–H groups in total. The summed E-state index contributed by atoms with van der Waals surface area (Å²) in [6.45, 7) is -1.76. The van der Waals surface area contributed by atoms with Gasteiger partial charge in [-0.25, -0.2) is 0 Å². The van der Waals surface area contributed by atoms with Gasteiger partial charge < -0.3 is 19.7 Å². The number of carbonyl (C=O) groups excluding carboxylic acids is 1. The molecule has 1 amide bonds. The molecule has 1 aromatic carbocycles. The predicted molar refractivity (Wildman–Crippen MR) is 81.7 cm³/mol. The third-order valence-electron chi connectivity index (χ3n) is 3.85. The van der Waals surface area contributed by atoms with E-state index >= 15 is 0 Å². The second kappa shape index (κ2) is 8.10. The van der Waals surface area contributed by atoms with Crippen molar-refractivity contribution in [3.63, 3.8) is 0 Å². The quantitative estimate of drug-likeness (QED) is 0.871. The number of piperidine rings is 1. The van der Waals surface area contributed by atoms with E-state index in [0.717, 1.165) is 25.8 Å². The first-order chi connectivity index (χ1) is 11.0. The third-order valence-corrected chi connectivity index (χ3v) is 3.85. The number of benzene rings is 1. The number of amides is 1. The second-order valence-electron chi connectivity index (χ2n) is 5.56. The Hall–Kier alpha value is -1.89. The number of likely N-dealkylation sites (N-methyl/N-ethyl adjacent to an activating group) is 1. The van der Waals surface area contributed by atoms with Crippen molar-refractivity contribution in [1.29, 1.82) is 0 Å². The van der Waals surface area contributed by atoms with Crippen LogP contribution in [0.3, 0.4) is 0 Å². The molecule has 7 heteroatoms. The highest BCUT2D eigenvalue weighted by Crippen LogP contribution is 2.30. The van der Waals surface area contributed by atoms with E-state index in [4.69, 9.17) is 4.74 Å². The smallest absolute Gasteiger partial charge is 0.387 e. The summed E-state index contributed by atoms with van der Waals surface area (Å²) in [5.41, 5.74) is 0.702. The van der Waals surface area contributed by atoms with Crippen LogP contribution >= 0.6 is 0 Å². The summed E-state index contributed by atoms with van der Waals surface area (Å²) in [4.78, 5) is 14.0. The van der Waals surface area contributed by atoms with E-state index < -0.39 is 6.61 Å². The number of hydrogen-bond acceptors (Lipinski definition) is 4. The van der Waals surface area contributed by atoms with Gasteiger partial charge in [0.05, 0.1) is 13.2 Å². The summed E-state index contributed by atoms with van der Waals surface area (Å²) in [5, 5.41) is 3.21. The monoisotopic (exact) mass is 328 g/mol. The summed E-state index contributed by atoms with van der Waals surface area (Å²) < 4.78 is 34.4. The van der Waals surface area contributed by atoms with E-state index in [9.17, 15) is 13.6 Å². The van der Waals surface area contributed by atoms with Gasteiger partial charge in [0.25, 0.3) is 0 Å². The number of nitrogens with one attached hydrogen (secondary N) is 1. The molecule has 0 spiro atoms. The first-order valence-electron chi connectivity index (χ1n) is 7.61. The molecule has 1 aliphatic rings. The number of alkyl halides is 2. The van der Waals surface area contributed by atoms with Gasteiger partial charge in [0.1, 0.15) is 0 Å². The fourth-order valence-corrected chi connectivity index (χ4v) is 2.69. The number of halogens is 2. The Bertz CT molecular complexity index is 534. The molecule has 1 saturated heterocycles. The van der Waals surface area contributed by atoms with E-state index in [1.807, 2.05) is 0 Å². The van der Waals surface area contributed by atoms with Crippen LogP contribution in [0.1, 0.15) is 24.8 Å². The maximum absolute atomic E-state index is 12.5. The van der Waals surface area contributed by atoms with E-state index in [-0.39, 0.29) is 23.4 Å². The highest BCUT2D eigenvalue weighted by molar-refractivity contribution is 5.81. The van der Waals surface area contributed by atoms with Crippen molar-refractivity contribution in [2.45, 2.75) is 38.5 Å². The number of nitrogens with zero attached hydrogens (tertiary/aromatic N) is 1. The lowest BCUT2D eigenvalue weighted by molar-refractivity contribution is -0.133. The zero-order chi connectivity index (χ0) is 16.8. The lowest BCUT2D eigenvalue weighted by Gasteiger charge is -2.27. The molecule has 1 heterocycles. The van der Waals surface area contributed by atoms with E-state index in [0.29, 0.717) is 12.1 Å². The lowest BCUT2D eigenvalue weighted by atomic mass is 10.0. The SMILES string of the molecule is COc1ccc(CN(C)C(=O)C2CCCCN2)cc1OC(F)F. The predicted octanol–water partition coefficient (Wildman–Crippen LogP) is 2.40. The van der Waals surface area contributed by atoms with Crippen molar-refractivity contribution < 1.29 is 23.0 Å². The molecule has 1 unspecified atom stereocenters.